The second kappa shape index (κ2) is 8.81. The molecule has 1 fully saturated rings. The number of methoxy groups -OCH3 is 1. The fraction of sp³-hybridized carbons (Fsp3) is 0.400. The molecule has 1 aliphatic rings. The SMILES string of the molecule is COc1ccc2cc(C(C)C(=O)[N+]3[CH][CH][CH][C]3CO[Si](C)(C)C(C)(C)C)ccc2c1. The molecule has 1 heterocycles. The average molecular weight is 424 g/mol. The van der Waals surface area contributed by atoms with Gasteiger partial charge in [0.05, 0.1) is 7.11 Å². The Morgan fingerprint density at radius 2 is 1.77 bits per heavy atom. The Kier molecular flexibility index (Phi) is 6.75. The van der Waals surface area contributed by atoms with Crippen LogP contribution in [0.2, 0.25) is 18.1 Å². The standard InChI is InChI=1S/C25H33NO3Si/c1-18(19-10-11-21-16-23(28-5)13-12-20(21)15-19)24(27)26-14-8-9-22(26)17-29-30(6,7)25(2,3)4/h8-16,18H,17H2,1-7H3/q+1. The summed E-state index contributed by atoms with van der Waals surface area (Å²) in [6.45, 7) is 15.4. The third kappa shape index (κ3) is 4.79. The number of benzene rings is 2. The van der Waals surface area contributed by atoms with E-state index in [1.54, 1.807) is 12.0 Å². The van der Waals surface area contributed by atoms with Crippen molar-refractivity contribution < 1.29 is 14.0 Å². The van der Waals surface area contributed by atoms with Gasteiger partial charge >= 0.3 is 5.91 Å². The van der Waals surface area contributed by atoms with Crippen LogP contribution in [-0.4, -0.2) is 27.9 Å². The second-order valence-electron chi connectivity index (χ2n) is 9.45. The van der Waals surface area contributed by atoms with Gasteiger partial charge in [-0.15, -0.1) is 0 Å². The molecule has 3 rings (SSSR count). The highest BCUT2D eigenvalue weighted by atomic mass is 28.4. The van der Waals surface area contributed by atoms with Gasteiger partial charge in [-0.2, -0.15) is 0 Å². The van der Waals surface area contributed by atoms with Crippen molar-refractivity contribution >= 4 is 25.0 Å². The van der Waals surface area contributed by atoms with Crippen molar-refractivity contribution in [2.24, 2.45) is 0 Å². The van der Waals surface area contributed by atoms with E-state index in [-0.39, 0.29) is 16.9 Å². The first-order valence-electron chi connectivity index (χ1n) is 10.5. The van der Waals surface area contributed by atoms with Crippen molar-refractivity contribution in [3.63, 3.8) is 0 Å². The lowest BCUT2D eigenvalue weighted by atomic mass is 9.96. The number of likely N-dealkylation sites (tertiary alicyclic amines) is 1. The lowest BCUT2D eigenvalue weighted by molar-refractivity contribution is -0.125. The third-order valence-electron chi connectivity index (χ3n) is 6.40. The minimum Gasteiger partial charge on any atom is -0.497 e. The lowest BCUT2D eigenvalue weighted by Gasteiger charge is -2.36. The van der Waals surface area contributed by atoms with Crippen LogP contribution in [0, 0.1) is 25.4 Å². The maximum Gasteiger partial charge on any atom is 0.369 e. The van der Waals surface area contributed by atoms with Gasteiger partial charge in [0.1, 0.15) is 18.3 Å². The molecule has 0 spiro atoms. The van der Waals surface area contributed by atoms with Crippen molar-refractivity contribution in [3.05, 3.63) is 67.4 Å². The first-order chi connectivity index (χ1) is 14.0. The summed E-state index contributed by atoms with van der Waals surface area (Å²) in [5.41, 5.74) is 1.00. The highest BCUT2D eigenvalue weighted by molar-refractivity contribution is 6.74. The van der Waals surface area contributed by atoms with E-state index in [1.807, 2.05) is 56.6 Å². The Labute approximate surface area is 182 Å². The van der Waals surface area contributed by atoms with Crippen LogP contribution >= 0.6 is 0 Å². The molecule has 0 saturated carbocycles. The van der Waals surface area contributed by atoms with Crippen LogP contribution in [0.5, 0.6) is 5.75 Å². The summed E-state index contributed by atoms with van der Waals surface area (Å²) in [5.74, 6) is 0.635. The van der Waals surface area contributed by atoms with E-state index in [0.717, 1.165) is 28.1 Å². The molecule has 1 amide bonds. The van der Waals surface area contributed by atoms with Gasteiger partial charge in [0.2, 0.25) is 12.6 Å². The van der Waals surface area contributed by atoms with Crippen LogP contribution in [-0.2, 0) is 9.22 Å². The Bertz CT molecular complexity index is 903. The average Bonchev–Trinajstić information content (AvgIpc) is 3.18. The maximum atomic E-state index is 13.3. The third-order valence-corrected chi connectivity index (χ3v) is 10.9. The molecule has 0 N–H and O–H groups in total. The Morgan fingerprint density at radius 1 is 1.10 bits per heavy atom. The molecular formula is C25H33NO3Si+. The van der Waals surface area contributed by atoms with Crippen LogP contribution in [0.4, 0.5) is 0 Å². The Balaban J connectivity index is 1.72. The number of carbonyl (C=O) groups excluding carboxylic acids is 1. The van der Waals surface area contributed by atoms with E-state index in [1.165, 1.54) is 0 Å². The van der Waals surface area contributed by atoms with E-state index in [0.29, 0.717) is 6.61 Å². The van der Waals surface area contributed by atoms with Crippen LogP contribution in [0.1, 0.15) is 39.2 Å². The minimum absolute atomic E-state index is 0.0571. The molecule has 5 radical (unpaired) electrons. The van der Waals surface area contributed by atoms with Crippen molar-refractivity contribution in [1.82, 2.24) is 4.90 Å². The molecule has 1 aliphatic heterocycles. The fourth-order valence-electron chi connectivity index (χ4n) is 3.21. The van der Waals surface area contributed by atoms with Gasteiger partial charge < -0.3 is 9.16 Å². The smallest absolute Gasteiger partial charge is 0.369 e. The molecule has 2 aromatic carbocycles. The quantitative estimate of drug-likeness (QED) is 0.438. The molecule has 0 aromatic heterocycles. The number of amides is 1. The van der Waals surface area contributed by atoms with E-state index in [4.69, 9.17) is 9.16 Å². The molecule has 5 heteroatoms. The highest BCUT2D eigenvalue weighted by Crippen LogP contribution is 2.38. The van der Waals surface area contributed by atoms with Gasteiger partial charge in [0, 0.05) is 12.8 Å². The van der Waals surface area contributed by atoms with Crippen molar-refractivity contribution in [1.29, 1.82) is 0 Å². The number of nitrogens with zero attached hydrogens (tertiary/aromatic N) is 1. The van der Waals surface area contributed by atoms with Crippen molar-refractivity contribution in [2.45, 2.75) is 51.7 Å². The molecule has 159 valence electrons. The zero-order chi connectivity index (χ0) is 22.1. The monoisotopic (exact) mass is 423 g/mol. The molecule has 30 heavy (non-hydrogen) atoms. The summed E-state index contributed by atoms with van der Waals surface area (Å²) in [6.07, 6.45) is 3.89. The number of hydrogen-bond acceptors (Lipinski definition) is 3. The summed E-state index contributed by atoms with van der Waals surface area (Å²) < 4.78 is 11.6. The largest absolute Gasteiger partial charge is 0.497 e. The predicted molar refractivity (Wildman–Crippen MR) is 125 cm³/mol. The van der Waals surface area contributed by atoms with E-state index >= 15 is 0 Å². The van der Waals surface area contributed by atoms with Crippen LogP contribution in [0.15, 0.2) is 36.4 Å². The predicted octanol–water partition coefficient (Wildman–Crippen LogP) is 5.76. The molecule has 0 aliphatic carbocycles. The Hall–Kier alpha value is -1.69. The molecule has 1 atom stereocenters. The number of hydrogen-bond donors (Lipinski definition) is 0. The van der Waals surface area contributed by atoms with Gasteiger partial charge in [-0.25, -0.2) is 4.79 Å². The number of fused-ring (bicyclic) bond motifs is 1. The first kappa shape index (κ1) is 23.0. The Morgan fingerprint density at radius 3 is 2.43 bits per heavy atom. The van der Waals surface area contributed by atoms with Crippen LogP contribution in [0.3, 0.4) is 0 Å². The molecule has 2 aromatic rings. The summed E-state index contributed by atoms with van der Waals surface area (Å²) in [7, 11) is -0.217. The highest BCUT2D eigenvalue weighted by Gasteiger charge is 2.47. The normalized spacial score (nSPS) is 17.4. The summed E-state index contributed by atoms with van der Waals surface area (Å²) in [4.78, 5) is 15.0. The van der Waals surface area contributed by atoms with Gasteiger partial charge in [-0.1, -0.05) is 49.9 Å². The van der Waals surface area contributed by atoms with E-state index < -0.39 is 8.32 Å². The van der Waals surface area contributed by atoms with Gasteiger partial charge in [0.25, 0.3) is 0 Å². The fourth-order valence-corrected chi connectivity index (χ4v) is 4.15. The minimum atomic E-state index is -1.88. The van der Waals surface area contributed by atoms with Crippen LogP contribution < -0.4 is 9.64 Å². The van der Waals surface area contributed by atoms with Gasteiger partial charge in [-0.05, 0) is 53.5 Å². The van der Waals surface area contributed by atoms with Crippen molar-refractivity contribution in [3.8, 4) is 5.75 Å². The molecule has 0 bridgehead atoms. The molecular weight excluding hydrogens is 390 g/mol. The topological polar surface area (TPSA) is 41.4 Å². The summed E-state index contributed by atoms with van der Waals surface area (Å²) >= 11 is 0. The zero-order valence-corrected chi connectivity index (χ0v) is 20.2. The molecule has 1 saturated heterocycles. The van der Waals surface area contributed by atoms with E-state index in [2.05, 4.69) is 39.9 Å². The molecule has 1 unspecified atom stereocenters. The van der Waals surface area contributed by atoms with E-state index in [9.17, 15) is 4.79 Å². The lowest BCUT2D eigenvalue weighted by Crippen LogP contribution is -2.45. The summed E-state index contributed by atoms with van der Waals surface area (Å²) in [6, 6.07) is 13.1. The first-order valence-corrected chi connectivity index (χ1v) is 13.4. The molecule has 4 nitrogen and oxygen atoms in total. The van der Waals surface area contributed by atoms with Crippen LogP contribution in [0.25, 0.3) is 10.8 Å². The van der Waals surface area contributed by atoms with Gasteiger partial charge in [0.15, 0.2) is 8.32 Å². The number of rotatable bonds is 6. The number of carbonyl (C=O) groups is 1. The number of ether oxygens (including phenoxy) is 1. The van der Waals surface area contributed by atoms with Crippen molar-refractivity contribution in [2.75, 3.05) is 13.7 Å². The summed E-state index contributed by atoms with van der Waals surface area (Å²) in [5, 5.41) is 2.33. The maximum absolute atomic E-state index is 13.3. The zero-order valence-electron chi connectivity index (χ0n) is 19.2. The second-order valence-corrected chi connectivity index (χ2v) is 14.3. The van der Waals surface area contributed by atoms with Gasteiger partial charge in [-0.3, -0.25) is 0 Å².